The maximum absolute atomic E-state index is 11.7. The molecule has 3 heteroatoms. The molecule has 1 N–H and O–H groups in total. The van der Waals surface area contributed by atoms with Gasteiger partial charge < -0.3 is 5.32 Å². The quantitative estimate of drug-likeness (QED) is 0.754. The highest BCUT2D eigenvalue weighted by atomic mass is 32.2. The highest BCUT2D eigenvalue weighted by Crippen LogP contribution is 2.11. The van der Waals surface area contributed by atoms with Crippen LogP contribution in [0.15, 0.2) is 60.7 Å². The lowest BCUT2D eigenvalue weighted by Gasteiger charge is -2.05. The first-order chi connectivity index (χ1) is 10.3. The number of hydrogen-bond donors (Lipinski definition) is 1. The summed E-state index contributed by atoms with van der Waals surface area (Å²) in [5.74, 6) is 1.54. The summed E-state index contributed by atoms with van der Waals surface area (Å²) >= 11 is 1.66. The van der Waals surface area contributed by atoms with E-state index in [1.165, 1.54) is 11.1 Å². The average molecular weight is 299 g/mol. The van der Waals surface area contributed by atoms with Gasteiger partial charge in [0.05, 0.1) is 5.75 Å². The monoisotopic (exact) mass is 299 g/mol. The maximum Gasteiger partial charge on any atom is 0.230 e. The molecule has 0 saturated carbocycles. The first kappa shape index (κ1) is 15.6. The zero-order valence-corrected chi connectivity index (χ0v) is 12.9. The predicted molar refractivity (Wildman–Crippen MR) is 90.4 cm³/mol. The molecule has 0 aliphatic carbocycles. The molecule has 2 aromatic rings. The lowest BCUT2D eigenvalue weighted by Crippen LogP contribution is -2.26. The van der Waals surface area contributed by atoms with Crippen molar-refractivity contribution < 1.29 is 4.79 Å². The summed E-state index contributed by atoms with van der Waals surface area (Å²) in [5.41, 5.74) is 2.59. The molecule has 0 spiro atoms. The van der Waals surface area contributed by atoms with Gasteiger partial charge in [0.2, 0.25) is 5.91 Å². The second-order valence-electron chi connectivity index (χ2n) is 4.92. The van der Waals surface area contributed by atoms with Gasteiger partial charge in [-0.05, 0) is 24.0 Å². The van der Waals surface area contributed by atoms with Crippen molar-refractivity contribution in [2.24, 2.45) is 0 Å². The highest BCUT2D eigenvalue weighted by Gasteiger charge is 2.01. The molecule has 110 valence electrons. The number of aryl methyl sites for hydroxylation is 1. The SMILES string of the molecule is O=C(CSCc1ccccc1)NCCCc1ccccc1. The Morgan fingerprint density at radius 2 is 1.52 bits per heavy atom. The number of nitrogens with one attached hydrogen (secondary N) is 1. The summed E-state index contributed by atoms with van der Waals surface area (Å²) in [6.07, 6.45) is 2.00. The van der Waals surface area contributed by atoms with E-state index in [9.17, 15) is 4.79 Å². The van der Waals surface area contributed by atoms with E-state index >= 15 is 0 Å². The van der Waals surface area contributed by atoms with Crippen LogP contribution in [-0.2, 0) is 17.0 Å². The van der Waals surface area contributed by atoms with E-state index in [1.54, 1.807) is 11.8 Å². The minimum absolute atomic E-state index is 0.129. The molecule has 2 aromatic carbocycles. The van der Waals surface area contributed by atoms with Crippen LogP contribution in [0.3, 0.4) is 0 Å². The van der Waals surface area contributed by atoms with Gasteiger partial charge in [0.25, 0.3) is 0 Å². The van der Waals surface area contributed by atoms with Crippen LogP contribution in [0.2, 0.25) is 0 Å². The van der Waals surface area contributed by atoms with Gasteiger partial charge in [-0.3, -0.25) is 4.79 Å². The van der Waals surface area contributed by atoms with Crippen LogP contribution in [-0.4, -0.2) is 18.2 Å². The van der Waals surface area contributed by atoms with Gasteiger partial charge in [-0.2, -0.15) is 0 Å². The molecule has 21 heavy (non-hydrogen) atoms. The molecule has 2 nitrogen and oxygen atoms in total. The molecule has 2 rings (SSSR count). The van der Waals surface area contributed by atoms with Gasteiger partial charge in [-0.25, -0.2) is 0 Å². The molecule has 1 amide bonds. The second-order valence-corrected chi connectivity index (χ2v) is 5.90. The Kier molecular flexibility index (Phi) is 6.89. The number of thioether (sulfide) groups is 1. The standard InChI is InChI=1S/C18H21NOS/c20-18(15-21-14-17-10-5-2-6-11-17)19-13-7-12-16-8-3-1-4-9-16/h1-6,8-11H,7,12-15H2,(H,19,20). The molecule has 0 heterocycles. The van der Waals surface area contributed by atoms with E-state index in [2.05, 4.69) is 29.6 Å². The van der Waals surface area contributed by atoms with E-state index in [0.717, 1.165) is 25.1 Å². The third-order valence-corrected chi connectivity index (χ3v) is 4.16. The van der Waals surface area contributed by atoms with Crippen LogP contribution in [0.1, 0.15) is 17.5 Å². The summed E-state index contributed by atoms with van der Waals surface area (Å²) in [7, 11) is 0. The van der Waals surface area contributed by atoms with Crippen molar-refractivity contribution in [2.45, 2.75) is 18.6 Å². The Balaban J connectivity index is 1.54. The highest BCUT2D eigenvalue weighted by molar-refractivity contribution is 7.99. The van der Waals surface area contributed by atoms with Crippen LogP contribution in [0, 0.1) is 0 Å². The fourth-order valence-corrected chi connectivity index (χ4v) is 2.87. The van der Waals surface area contributed by atoms with Crippen molar-refractivity contribution in [3.8, 4) is 0 Å². The number of carbonyl (C=O) groups excluding carboxylic acids is 1. The Labute approximate surface area is 131 Å². The average Bonchev–Trinajstić information content (AvgIpc) is 2.54. The summed E-state index contributed by atoms with van der Waals surface area (Å²) < 4.78 is 0. The topological polar surface area (TPSA) is 29.1 Å². The second kappa shape index (κ2) is 9.24. The van der Waals surface area contributed by atoms with Gasteiger partial charge in [-0.1, -0.05) is 60.7 Å². The Hall–Kier alpha value is -1.74. The largest absolute Gasteiger partial charge is 0.355 e. The van der Waals surface area contributed by atoms with Gasteiger partial charge in [0.15, 0.2) is 0 Å². The minimum Gasteiger partial charge on any atom is -0.355 e. The molecule has 0 saturated heterocycles. The van der Waals surface area contributed by atoms with E-state index in [0.29, 0.717) is 5.75 Å². The lowest BCUT2D eigenvalue weighted by atomic mass is 10.1. The number of amides is 1. The summed E-state index contributed by atoms with van der Waals surface area (Å²) in [4.78, 5) is 11.7. The van der Waals surface area contributed by atoms with Crippen molar-refractivity contribution >= 4 is 17.7 Å². The molecular formula is C18H21NOS. The Morgan fingerprint density at radius 1 is 0.905 bits per heavy atom. The number of carbonyl (C=O) groups is 1. The van der Waals surface area contributed by atoms with Crippen molar-refractivity contribution in [3.05, 3.63) is 71.8 Å². The van der Waals surface area contributed by atoms with Gasteiger partial charge in [0, 0.05) is 12.3 Å². The molecule has 0 aliphatic heterocycles. The molecule has 0 bridgehead atoms. The molecule has 0 radical (unpaired) electrons. The van der Waals surface area contributed by atoms with Crippen LogP contribution in [0.5, 0.6) is 0 Å². The van der Waals surface area contributed by atoms with E-state index < -0.39 is 0 Å². The van der Waals surface area contributed by atoms with Crippen LogP contribution in [0.25, 0.3) is 0 Å². The minimum atomic E-state index is 0.129. The molecule has 0 aliphatic rings. The smallest absolute Gasteiger partial charge is 0.230 e. The zero-order valence-electron chi connectivity index (χ0n) is 12.1. The molecule has 0 unspecified atom stereocenters. The maximum atomic E-state index is 11.7. The van der Waals surface area contributed by atoms with E-state index in [4.69, 9.17) is 0 Å². The molecular weight excluding hydrogens is 278 g/mol. The van der Waals surface area contributed by atoms with Gasteiger partial charge in [-0.15, -0.1) is 11.8 Å². The number of hydrogen-bond acceptors (Lipinski definition) is 2. The van der Waals surface area contributed by atoms with Crippen molar-refractivity contribution in [2.75, 3.05) is 12.3 Å². The predicted octanol–water partition coefficient (Wildman–Crippen LogP) is 3.67. The van der Waals surface area contributed by atoms with E-state index in [-0.39, 0.29) is 5.91 Å². The fourth-order valence-electron chi connectivity index (χ4n) is 2.05. The summed E-state index contributed by atoms with van der Waals surface area (Å²) in [6, 6.07) is 20.6. The van der Waals surface area contributed by atoms with Crippen molar-refractivity contribution in [3.63, 3.8) is 0 Å². The Bertz CT molecular complexity index is 527. The first-order valence-electron chi connectivity index (χ1n) is 7.27. The molecule has 0 aromatic heterocycles. The summed E-state index contributed by atoms with van der Waals surface area (Å²) in [5, 5.41) is 2.98. The lowest BCUT2D eigenvalue weighted by molar-refractivity contribution is -0.118. The normalized spacial score (nSPS) is 10.3. The molecule has 0 atom stereocenters. The summed E-state index contributed by atoms with van der Waals surface area (Å²) in [6.45, 7) is 0.750. The van der Waals surface area contributed by atoms with Crippen molar-refractivity contribution in [1.29, 1.82) is 0 Å². The number of rotatable bonds is 8. The molecule has 0 fully saturated rings. The van der Waals surface area contributed by atoms with Crippen LogP contribution < -0.4 is 5.32 Å². The zero-order chi connectivity index (χ0) is 14.8. The van der Waals surface area contributed by atoms with E-state index in [1.807, 2.05) is 36.4 Å². The van der Waals surface area contributed by atoms with Gasteiger partial charge in [0.1, 0.15) is 0 Å². The number of benzene rings is 2. The first-order valence-corrected chi connectivity index (χ1v) is 8.42. The van der Waals surface area contributed by atoms with Crippen molar-refractivity contribution in [1.82, 2.24) is 5.32 Å². The third-order valence-electron chi connectivity index (χ3n) is 3.15. The fraction of sp³-hybridized carbons (Fsp3) is 0.278. The third kappa shape index (κ3) is 6.50. The van der Waals surface area contributed by atoms with Gasteiger partial charge >= 0.3 is 0 Å². The van der Waals surface area contributed by atoms with Crippen LogP contribution in [0.4, 0.5) is 0 Å². The Morgan fingerprint density at radius 3 is 2.19 bits per heavy atom. The van der Waals surface area contributed by atoms with Crippen LogP contribution >= 0.6 is 11.8 Å².